The number of hydrogen-bond donors (Lipinski definition) is 0. The number of alkyl halides is 3. The first-order valence-electron chi connectivity index (χ1n) is 3.13. The molecule has 0 atom stereocenters. The first kappa shape index (κ1) is 10.1. The van der Waals surface area contributed by atoms with E-state index in [0.717, 1.165) is 0 Å². The number of halogens is 4. The SMILES string of the molecule is FC(F)c1cnc(I)cc1CCl. The van der Waals surface area contributed by atoms with Gasteiger partial charge in [0.05, 0.1) is 0 Å². The minimum absolute atomic E-state index is 0.0783. The highest BCUT2D eigenvalue weighted by atomic mass is 127. The maximum atomic E-state index is 12.2. The van der Waals surface area contributed by atoms with Crippen LogP contribution in [0.4, 0.5) is 8.78 Å². The number of nitrogens with zero attached hydrogens (tertiary/aromatic N) is 1. The van der Waals surface area contributed by atoms with Gasteiger partial charge in [0.25, 0.3) is 6.43 Å². The van der Waals surface area contributed by atoms with Gasteiger partial charge in [-0.1, -0.05) is 0 Å². The van der Waals surface area contributed by atoms with Crippen molar-refractivity contribution in [1.82, 2.24) is 4.98 Å². The Balaban J connectivity index is 3.11. The van der Waals surface area contributed by atoms with Crippen molar-refractivity contribution in [3.8, 4) is 0 Å². The highest BCUT2D eigenvalue weighted by Gasteiger charge is 2.12. The van der Waals surface area contributed by atoms with Crippen molar-refractivity contribution in [2.75, 3.05) is 0 Å². The zero-order chi connectivity index (χ0) is 9.14. The molecule has 5 heteroatoms. The minimum Gasteiger partial charge on any atom is -0.250 e. The number of pyridine rings is 1. The summed E-state index contributed by atoms with van der Waals surface area (Å²) in [6.07, 6.45) is -1.33. The molecule has 0 fully saturated rings. The molecule has 1 nitrogen and oxygen atoms in total. The first-order chi connectivity index (χ1) is 5.65. The van der Waals surface area contributed by atoms with Gasteiger partial charge in [-0.2, -0.15) is 0 Å². The standard InChI is InChI=1S/C7H5ClF2IN/c8-2-4-1-6(11)12-3-5(4)7(9)10/h1,3,7H,2H2. The second-order valence-corrected chi connectivity index (χ2v) is 3.51. The molecule has 0 radical (unpaired) electrons. The number of rotatable bonds is 2. The van der Waals surface area contributed by atoms with Crippen molar-refractivity contribution in [2.24, 2.45) is 0 Å². The maximum absolute atomic E-state index is 12.2. The van der Waals surface area contributed by atoms with Crippen LogP contribution in [0.25, 0.3) is 0 Å². The van der Waals surface area contributed by atoms with Crippen molar-refractivity contribution >= 4 is 34.2 Å². The predicted octanol–water partition coefficient (Wildman–Crippen LogP) is 3.36. The molecule has 12 heavy (non-hydrogen) atoms. The third-order valence-corrected chi connectivity index (χ3v) is 2.25. The van der Waals surface area contributed by atoms with Gasteiger partial charge in [-0.05, 0) is 34.2 Å². The van der Waals surface area contributed by atoms with E-state index in [2.05, 4.69) is 4.98 Å². The number of hydrogen-bond acceptors (Lipinski definition) is 1. The molecule has 0 unspecified atom stereocenters. The van der Waals surface area contributed by atoms with Crippen LogP contribution in [0.5, 0.6) is 0 Å². The van der Waals surface area contributed by atoms with E-state index in [1.165, 1.54) is 6.20 Å². The highest BCUT2D eigenvalue weighted by molar-refractivity contribution is 14.1. The van der Waals surface area contributed by atoms with Gasteiger partial charge in [0.1, 0.15) is 3.70 Å². The summed E-state index contributed by atoms with van der Waals surface area (Å²) in [6.45, 7) is 0. The lowest BCUT2D eigenvalue weighted by Gasteiger charge is -2.04. The topological polar surface area (TPSA) is 12.9 Å². The Morgan fingerprint density at radius 3 is 2.75 bits per heavy atom. The molecule has 0 N–H and O–H groups in total. The van der Waals surface area contributed by atoms with Crippen LogP contribution in [0.15, 0.2) is 12.3 Å². The van der Waals surface area contributed by atoms with Crippen LogP contribution in [-0.2, 0) is 5.88 Å². The van der Waals surface area contributed by atoms with E-state index in [-0.39, 0.29) is 11.4 Å². The van der Waals surface area contributed by atoms with Gasteiger partial charge in [0, 0.05) is 17.6 Å². The summed E-state index contributed by atoms with van der Waals surface area (Å²) >= 11 is 7.44. The Bertz CT molecular complexity index is 280. The van der Waals surface area contributed by atoms with Crippen LogP contribution in [0.3, 0.4) is 0 Å². The fourth-order valence-electron chi connectivity index (χ4n) is 0.791. The van der Waals surface area contributed by atoms with Crippen molar-refractivity contribution in [2.45, 2.75) is 12.3 Å². The van der Waals surface area contributed by atoms with Crippen LogP contribution in [0, 0.1) is 3.70 Å². The fourth-order valence-corrected chi connectivity index (χ4v) is 1.54. The average Bonchev–Trinajstić information content (AvgIpc) is 2.03. The lowest BCUT2D eigenvalue weighted by Crippen LogP contribution is -1.95. The minimum atomic E-state index is -2.50. The van der Waals surface area contributed by atoms with Crippen LogP contribution in [-0.4, -0.2) is 4.98 Å². The molecule has 1 aromatic rings. The van der Waals surface area contributed by atoms with Crippen molar-refractivity contribution in [3.63, 3.8) is 0 Å². The van der Waals surface area contributed by atoms with Gasteiger partial charge >= 0.3 is 0 Å². The molecule has 0 aromatic carbocycles. The van der Waals surface area contributed by atoms with E-state index in [4.69, 9.17) is 11.6 Å². The molecular weight excluding hydrogens is 298 g/mol. The van der Waals surface area contributed by atoms with E-state index in [1.807, 2.05) is 22.6 Å². The van der Waals surface area contributed by atoms with Gasteiger partial charge in [0.15, 0.2) is 0 Å². The molecular formula is C7H5ClF2IN. The van der Waals surface area contributed by atoms with Gasteiger partial charge in [-0.15, -0.1) is 11.6 Å². The van der Waals surface area contributed by atoms with Crippen molar-refractivity contribution in [3.05, 3.63) is 27.1 Å². The second kappa shape index (κ2) is 4.32. The molecule has 0 spiro atoms. The van der Waals surface area contributed by atoms with Gasteiger partial charge in [-0.3, -0.25) is 0 Å². The smallest absolute Gasteiger partial charge is 0.250 e. The van der Waals surface area contributed by atoms with Crippen molar-refractivity contribution in [1.29, 1.82) is 0 Å². The third-order valence-electron chi connectivity index (χ3n) is 1.37. The molecule has 1 heterocycles. The zero-order valence-corrected chi connectivity index (χ0v) is 8.81. The quantitative estimate of drug-likeness (QED) is 0.464. The first-order valence-corrected chi connectivity index (χ1v) is 4.75. The van der Waals surface area contributed by atoms with E-state index in [9.17, 15) is 8.78 Å². The summed E-state index contributed by atoms with van der Waals surface area (Å²) in [5.41, 5.74) is 0.372. The van der Waals surface area contributed by atoms with E-state index in [1.54, 1.807) is 6.07 Å². The fraction of sp³-hybridized carbons (Fsp3) is 0.286. The monoisotopic (exact) mass is 303 g/mol. The second-order valence-electron chi connectivity index (χ2n) is 2.14. The molecule has 0 saturated heterocycles. The van der Waals surface area contributed by atoms with Crippen LogP contribution < -0.4 is 0 Å². The summed E-state index contributed by atoms with van der Waals surface area (Å²) in [5, 5.41) is 0. The van der Waals surface area contributed by atoms with Crippen molar-refractivity contribution < 1.29 is 8.78 Å². The lowest BCUT2D eigenvalue weighted by molar-refractivity contribution is 0.150. The zero-order valence-electron chi connectivity index (χ0n) is 5.90. The van der Waals surface area contributed by atoms with Gasteiger partial charge in [-0.25, -0.2) is 13.8 Å². The average molecular weight is 303 g/mol. The largest absolute Gasteiger partial charge is 0.265 e. The number of aromatic nitrogens is 1. The van der Waals surface area contributed by atoms with Crippen LogP contribution >= 0.6 is 34.2 Å². The molecule has 66 valence electrons. The Kier molecular flexibility index (Phi) is 3.64. The Labute approximate surface area is 87.3 Å². The van der Waals surface area contributed by atoms with E-state index in [0.29, 0.717) is 9.26 Å². The third kappa shape index (κ3) is 2.26. The predicted molar refractivity (Wildman–Crippen MR) is 51.5 cm³/mol. The lowest BCUT2D eigenvalue weighted by atomic mass is 10.2. The van der Waals surface area contributed by atoms with Crippen LogP contribution in [0.1, 0.15) is 17.6 Å². The molecule has 0 aliphatic rings. The van der Waals surface area contributed by atoms with Crippen LogP contribution in [0.2, 0.25) is 0 Å². The Morgan fingerprint density at radius 2 is 2.25 bits per heavy atom. The molecule has 0 aliphatic heterocycles. The maximum Gasteiger partial charge on any atom is 0.265 e. The molecule has 0 aliphatic carbocycles. The Hall–Kier alpha value is 0.0300. The molecule has 0 bridgehead atoms. The summed E-state index contributed by atoms with van der Waals surface area (Å²) in [7, 11) is 0. The summed E-state index contributed by atoms with van der Waals surface area (Å²) in [4.78, 5) is 3.76. The summed E-state index contributed by atoms with van der Waals surface area (Å²) < 4.78 is 25.2. The summed E-state index contributed by atoms with van der Waals surface area (Å²) in [6, 6.07) is 1.56. The molecule has 1 rings (SSSR count). The molecule has 1 aromatic heterocycles. The Morgan fingerprint density at radius 1 is 1.58 bits per heavy atom. The molecule has 0 amide bonds. The van der Waals surface area contributed by atoms with Gasteiger partial charge < -0.3 is 0 Å². The van der Waals surface area contributed by atoms with Gasteiger partial charge in [0.2, 0.25) is 0 Å². The van der Waals surface area contributed by atoms with E-state index < -0.39 is 6.43 Å². The highest BCUT2D eigenvalue weighted by Crippen LogP contribution is 2.24. The van der Waals surface area contributed by atoms with E-state index >= 15 is 0 Å². The summed E-state index contributed by atoms with van der Waals surface area (Å²) in [5.74, 6) is 0.0954. The molecule has 0 saturated carbocycles. The normalized spacial score (nSPS) is 10.8.